The van der Waals surface area contributed by atoms with Gasteiger partial charge in [-0.05, 0) is 127 Å². The summed E-state index contributed by atoms with van der Waals surface area (Å²) in [6, 6.07) is 22.6. The number of halogens is 1. The summed E-state index contributed by atoms with van der Waals surface area (Å²) in [7, 11) is 0. The Labute approximate surface area is 305 Å². The van der Waals surface area contributed by atoms with Crippen LogP contribution in [0, 0.1) is 12.7 Å². The van der Waals surface area contributed by atoms with E-state index in [2.05, 4.69) is 0 Å². The summed E-state index contributed by atoms with van der Waals surface area (Å²) in [4.78, 5) is 17.8. The second-order valence-corrected chi connectivity index (χ2v) is 15.2. The first-order valence-corrected chi connectivity index (χ1v) is 18.7. The average molecular weight is 706 g/mol. The number of aryl methyl sites for hydroxylation is 1. The van der Waals surface area contributed by atoms with Crippen LogP contribution in [0.4, 0.5) is 4.39 Å². The SMILES string of the molecule is Cc1nc2cc3nn2c(c1[C@H](OC(C)(C)C)C(=O)O)-c1ccc(cc1)OC1CCCCCC(CCCCC1)Oc1cc(F)ccc1-c1cccc-3c1. The van der Waals surface area contributed by atoms with Crippen molar-refractivity contribution in [3.05, 3.63) is 89.9 Å². The molecule has 0 unspecified atom stereocenters. The standard InChI is InChI=1S/C43H48FN3O5/c1-27-39(41(42(48)49)52-43(2,3)4)40-28-18-21-34(22-19-28)50-32-14-7-5-9-16-33(17-10-6-8-15-32)51-37-25-31(44)20-23-35(37)29-12-11-13-30(24-29)36-26-38(45-27)47(40)46-36/h11-13,18-26,32-33,41H,5-10,14-17H2,1-4H3,(H,48,49)/t32?,33?,41-/m0/s1. The summed E-state index contributed by atoms with van der Waals surface area (Å²) >= 11 is 0. The maximum absolute atomic E-state index is 14.8. The molecule has 1 aliphatic carbocycles. The van der Waals surface area contributed by atoms with Crippen LogP contribution in [0.1, 0.15) is 102 Å². The van der Waals surface area contributed by atoms with E-state index in [9.17, 15) is 14.3 Å². The van der Waals surface area contributed by atoms with Crippen LogP contribution in [0.25, 0.3) is 39.3 Å². The number of benzene rings is 3. The van der Waals surface area contributed by atoms with E-state index in [0.717, 1.165) is 92.2 Å². The number of fused-ring (bicyclic) bond motifs is 5. The summed E-state index contributed by atoms with van der Waals surface area (Å²) in [5.41, 5.74) is 5.37. The van der Waals surface area contributed by atoms with Gasteiger partial charge in [0.25, 0.3) is 0 Å². The van der Waals surface area contributed by atoms with E-state index in [-0.39, 0.29) is 18.0 Å². The predicted molar refractivity (Wildman–Crippen MR) is 200 cm³/mol. The van der Waals surface area contributed by atoms with Crippen molar-refractivity contribution in [1.29, 1.82) is 0 Å². The Balaban J connectivity index is 1.43. The van der Waals surface area contributed by atoms with Gasteiger partial charge < -0.3 is 19.3 Å². The van der Waals surface area contributed by atoms with Gasteiger partial charge in [-0.3, -0.25) is 0 Å². The molecule has 52 heavy (non-hydrogen) atoms. The third-order valence-corrected chi connectivity index (χ3v) is 10.0. The van der Waals surface area contributed by atoms with Gasteiger partial charge in [-0.1, -0.05) is 31.0 Å². The van der Waals surface area contributed by atoms with Gasteiger partial charge >= 0.3 is 5.97 Å². The molecule has 0 amide bonds. The van der Waals surface area contributed by atoms with Gasteiger partial charge in [0.2, 0.25) is 0 Å². The number of rotatable bonds is 3. The topological polar surface area (TPSA) is 95.2 Å². The van der Waals surface area contributed by atoms with Crippen molar-refractivity contribution >= 4 is 11.6 Å². The molecule has 1 fully saturated rings. The van der Waals surface area contributed by atoms with Crippen molar-refractivity contribution in [3.8, 4) is 45.1 Å². The quantitative estimate of drug-likeness (QED) is 0.200. The molecule has 9 rings (SSSR count). The molecule has 1 atom stereocenters. The average Bonchev–Trinajstić information content (AvgIpc) is 3.52. The van der Waals surface area contributed by atoms with Gasteiger partial charge in [-0.15, -0.1) is 0 Å². The minimum Gasteiger partial charge on any atom is -0.490 e. The van der Waals surface area contributed by atoms with Gasteiger partial charge in [0.05, 0.1) is 29.2 Å². The van der Waals surface area contributed by atoms with E-state index in [1.165, 1.54) is 12.1 Å². The Morgan fingerprint density at radius 3 is 2.15 bits per heavy atom. The van der Waals surface area contributed by atoms with Crippen molar-refractivity contribution in [3.63, 3.8) is 0 Å². The number of hydrogen-bond acceptors (Lipinski definition) is 6. The van der Waals surface area contributed by atoms with E-state index < -0.39 is 17.7 Å². The molecule has 1 saturated carbocycles. The lowest BCUT2D eigenvalue weighted by atomic mass is 9.97. The smallest absolute Gasteiger partial charge is 0.337 e. The molecule has 0 saturated heterocycles. The molecule has 9 heteroatoms. The van der Waals surface area contributed by atoms with E-state index in [0.29, 0.717) is 34.0 Å². The van der Waals surface area contributed by atoms with Gasteiger partial charge in [0.15, 0.2) is 11.8 Å². The first kappa shape index (κ1) is 35.6. The maximum atomic E-state index is 14.8. The Bertz CT molecular complexity index is 2040. The molecule has 5 aromatic rings. The highest BCUT2D eigenvalue weighted by Crippen LogP contribution is 2.39. The van der Waals surface area contributed by atoms with E-state index >= 15 is 0 Å². The lowest BCUT2D eigenvalue weighted by Crippen LogP contribution is -2.29. The van der Waals surface area contributed by atoms with Crippen molar-refractivity contribution in [2.24, 2.45) is 0 Å². The summed E-state index contributed by atoms with van der Waals surface area (Å²) < 4.78 is 36.0. The summed E-state index contributed by atoms with van der Waals surface area (Å²) in [6.45, 7) is 7.34. The molecule has 0 radical (unpaired) electrons. The molecule has 4 aliphatic rings. The number of nitrogens with zero attached hydrogens (tertiary/aromatic N) is 3. The summed E-state index contributed by atoms with van der Waals surface area (Å²) in [5, 5.41) is 15.6. The van der Waals surface area contributed by atoms with Crippen LogP contribution in [0.2, 0.25) is 0 Å². The van der Waals surface area contributed by atoms with Crippen molar-refractivity contribution in [2.75, 3.05) is 0 Å². The molecule has 8 bridgehead atoms. The number of carbonyl (C=O) groups is 1. The zero-order chi connectivity index (χ0) is 36.4. The number of aromatic nitrogens is 3. The van der Waals surface area contributed by atoms with E-state index in [4.69, 9.17) is 24.3 Å². The van der Waals surface area contributed by atoms with Crippen LogP contribution in [0.5, 0.6) is 11.5 Å². The van der Waals surface area contributed by atoms with E-state index in [1.807, 2.05) is 82.3 Å². The van der Waals surface area contributed by atoms with Crippen molar-refractivity contribution in [1.82, 2.24) is 14.6 Å². The van der Waals surface area contributed by atoms with Crippen LogP contribution in [0.15, 0.2) is 72.8 Å². The molecule has 5 heterocycles. The summed E-state index contributed by atoms with van der Waals surface area (Å²) in [5.74, 6) is -0.108. The van der Waals surface area contributed by atoms with Crippen LogP contribution in [0.3, 0.4) is 0 Å². The fourth-order valence-electron chi connectivity index (χ4n) is 7.56. The minimum atomic E-state index is -1.29. The number of carboxylic acids is 1. The second kappa shape index (κ2) is 15.1. The highest BCUT2D eigenvalue weighted by molar-refractivity contribution is 5.81. The van der Waals surface area contributed by atoms with Crippen molar-refractivity contribution < 1.29 is 28.5 Å². The lowest BCUT2D eigenvalue weighted by molar-refractivity contribution is -0.160. The maximum Gasteiger partial charge on any atom is 0.337 e. The van der Waals surface area contributed by atoms with Crippen LogP contribution in [-0.2, 0) is 9.53 Å². The Morgan fingerprint density at radius 1 is 0.846 bits per heavy atom. The minimum absolute atomic E-state index is 0.00356. The van der Waals surface area contributed by atoms with Crippen LogP contribution < -0.4 is 9.47 Å². The molecule has 1 N–H and O–H groups in total. The molecular formula is C43H48FN3O5. The Morgan fingerprint density at radius 2 is 1.50 bits per heavy atom. The zero-order valence-electron chi connectivity index (χ0n) is 30.5. The third-order valence-electron chi connectivity index (χ3n) is 10.0. The molecule has 8 nitrogen and oxygen atoms in total. The Kier molecular flexibility index (Phi) is 10.3. The first-order chi connectivity index (χ1) is 25.0. The number of ether oxygens (including phenoxy) is 3. The highest BCUT2D eigenvalue weighted by Gasteiger charge is 2.33. The number of carboxylic acid groups (broad SMARTS) is 1. The molecule has 272 valence electrons. The monoisotopic (exact) mass is 705 g/mol. The molecule has 3 aromatic carbocycles. The molecule has 0 spiro atoms. The summed E-state index contributed by atoms with van der Waals surface area (Å²) in [6.07, 6.45) is 8.91. The van der Waals surface area contributed by atoms with Crippen molar-refractivity contribution in [2.45, 2.75) is 116 Å². The van der Waals surface area contributed by atoms with Crippen LogP contribution in [-0.4, -0.2) is 43.5 Å². The molecular weight excluding hydrogens is 657 g/mol. The fourth-order valence-corrected chi connectivity index (χ4v) is 7.56. The number of aliphatic carboxylic acids is 1. The van der Waals surface area contributed by atoms with Crippen LogP contribution >= 0.6 is 0 Å². The normalized spacial score (nSPS) is 18.9. The largest absolute Gasteiger partial charge is 0.490 e. The molecule has 2 aromatic heterocycles. The van der Waals surface area contributed by atoms with Gasteiger partial charge in [0, 0.05) is 40.1 Å². The molecule has 3 aliphatic heterocycles. The zero-order valence-corrected chi connectivity index (χ0v) is 30.5. The number of hydrogen-bond donors (Lipinski definition) is 1. The lowest BCUT2D eigenvalue weighted by Gasteiger charge is -2.27. The van der Waals surface area contributed by atoms with Gasteiger partial charge in [-0.2, -0.15) is 5.10 Å². The third kappa shape index (κ3) is 7.99. The van der Waals surface area contributed by atoms with Gasteiger partial charge in [0.1, 0.15) is 17.3 Å². The van der Waals surface area contributed by atoms with Gasteiger partial charge in [-0.25, -0.2) is 18.7 Å². The highest BCUT2D eigenvalue weighted by atomic mass is 19.1. The first-order valence-electron chi connectivity index (χ1n) is 18.7. The second-order valence-electron chi connectivity index (χ2n) is 15.2. The van der Waals surface area contributed by atoms with E-state index in [1.54, 1.807) is 10.6 Å². The predicted octanol–water partition coefficient (Wildman–Crippen LogP) is 10.5. The Hall–Kier alpha value is -4.76. The fraction of sp³-hybridized carbons (Fsp3) is 0.419.